The fourth-order valence-corrected chi connectivity index (χ4v) is 2.72. The van der Waals surface area contributed by atoms with E-state index in [0.717, 1.165) is 18.8 Å². The van der Waals surface area contributed by atoms with E-state index in [4.69, 9.17) is 9.47 Å². The fraction of sp³-hybridized carbons (Fsp3) is 0.444. The Bertz CT molecular complexity index is 741. The molecule has 1 fully saturated rings. The second kappa shape index (κ2) is 8.63. The van der Waals surface area contributed by atoms with Crippen molar-refractivity contribution >= 4 is 34.9 Å². The van der Waals surface area contributed by atoms with Crippen LogP contribution in [0.5, 0.6) is 0 Å². The van der Waals surface area contributed by atoms with Crippen molar-refractivity contribution in [2.75, 3.05) is 36.5 Å². The van der Waals surface area contributed by atoms with Crippen LogP contribution in [-0.4, -0.2) is 55.9 Å². The molecule has 0 saturated carbocycles. The summed E-state index contributed by atoms with van der Waals surface area (Å²) in [5.74, 6) is -1.40. The lowest BCUT2D eigenvalue weighted by atomic mass is 10.2. The van der Waals surface area contributed by atoms with Gasteiger partial charge in [-0.15, -0.1) is 0 Å². The standard InChI is InChI=1S/C18H22N4O5/c1-12(27-18(25)15-6-7-16(23)21-20-15)17(24)19-13-2-4-14(5-3-13)22-8-10-26-11-9-22/h2-5,12H,6-11H2,1H3,(H,19,24)(H,21,23)/t12-/m1/s1. The zero-order chi connectivity index (χ0) is 19.2. The molecule has 9 nitrogen and oxygen atoms in total. The first-order valence-corrected chi connectivity index (χ1v) is 8.83. The highest BCUT2D eigenvalue weighted by Crippen LogP contribution is 2.19. The van der Waals surface area contributed by atoms with Crippen molar-refractivity contribution in [2.24, 2.45) is 5.10 Å². The molecule has 144 valence electrons. The van der Waals surface area contributed by atoms with E-state index in [9.17, 15) is 14.4 Å². The summed E-state index contributed by atoms with van der Waals surface area (Å²) in [6, 6.07) is 7.46. The third-order valence-electron chi connectivity index (χ3n) is 4.30. The molecule has 2 aliphatic rings. The van der Waals surface area contributed by atoms with Gasteiger partial charge in [0.25, 0.3) is 5.91 Å². The van der Waals surface area contributed by atoms with E-state index >= 15 is 0 Å². The molecule has 9 heteroatoms. The number of anilines is 2. The highest BCUT2D eigenvalue weighted by molar-refractivity contribution is 6.37. The number of nitrogens with zero attached hydrogens (tertiary/aromatic N) is 2. The maximum absolute atomic E-state index is 12.2. The summed E-state index contributed by atoms with van der Waals surface area (Å²) in [4.78, 5) is 37.5. The van der Waals surface area contributed by atoms with Gasteiger partial charge in [0, 0.05) is 37.3 Å². The number of amides is 2. The van der Waals surface area contributed by atoms with Crippen LogP contribution in [0.1, 0.15) is 19.8 Å². The summed E-state index contributed by atoms with van der Waals surface area (Å²) < 4.78 is 10.5. The number of carbonyl (C=O) groups excluding carboxylic acids is 3. The van der Waals surface area contributed by atoms with Gasteiger partial charge in [-0.3, -0.25) is 9.59 Å². The van der Waals surface area contributed by atoms with E-state index in [2.05, 4.69) is 20.7 Å². The van der Waals surface area contributed by atoms with Crippen molar-refractivity contribution in [1.82, 2.24) is 5.43 Å². The first-order valence-electron chi connectivity index (χ1n) is 8.83. The Hall–Kier alpha value is -2.94. The van der Waals surface area contributed by atoms with Crippen LogP contribution in [0.25, 0.3) is 0 Å². The number of carbonyl (C=O) groups is 3. The fourth-order valence-electron chi connectivity index (χ4n) is 2.72. The molecule has 0 bridgehead atoms. The predicted octanol–water partition coefficient (Wildman–Crippen LogP) is 0.659. The Labute approximate surface area is 156 Å². The molecule has 1 aromatic rings. The molecule has 2 N–H and O–H groups in total. The molecule has 0 aromatic heterocycles. The Kier molecular flexibility index (Phi) is 6.02. The molecule has 2 aliphatic heterocycles. The number of morpholine rings is 1. The number of hydrazone groups is 1. The van der Waals surface area contributed by atoms with Crippen LogP contribution in [0.3, 0.4) is 0 Å². The normalized spacial score (nSPS) is 18.2. The van der Waals surface area contributed by atoms with Gasteiger partial charge in [-0.1, -0.05) is 0 Å². The van der Waals surface area contributed by atoms with Crippen LogP contribution in [0.15, 0.2) is 29.4 Å². The molecule has 0 radical (unpaired) electrons. The van der Waals surface area contributed by atoms with Crippen molar-refractivity contribution in [3.8, 4) is 0 Å². The minimum Gasteiger partial charge on any atom is -0.448 e. The van der Waals surface area contributed by atoms with E-state index in [1.54, 1.807) is 12.1 Å². The van der Waals surface area contributed by atoms with E-state index in [-0.39, 0.29) is 24.5 Å². The van der Waals surface area contributed by atoms with Crippen LogP contribution in [0, 0.1) is 0 Å². The van der Waals surface area contributed by atoms with Crippen LogP contribution < -0.4 is 15.6 Å². The topological polar surface area (TPSA) is 109 Å². The minimum atomic E-state index is -0.989. The van der Waals surface area contributed by atoms with E-state index in [1.165, 1.54) is 6.92 Å². The summed E-state index contributed by atoms with van der Waals surface area (Å²) >= 11 is 0. The van der Waals surface area contributed by atoms with Crippen molar-refractivity contribution in [3.05, 3.63) is 24.3 Å². The van der Waals surface area contributed by atoms with E-state index in [1.807, 2.05) is 12.1 Å². The summed E-state index contributed by atoms with van der Waals surface area (Å²) in [5, 5.41) is 6.38. The lowest BCUT2D eigenvalue weighted by molar-refractivity contribution is -0.146. The number of rotatable bonds is 5. The molecule has 2 heterocycles. The molecule has 3 rings (SSSR count). The zero-order valence-corrected chi connectivity index (χ0v) is 15.1. The van der Waals surface area contributed by atoms with Gasteiger partial charge >= 0.3 is 5.97 Å². The molecule has 0 unspecified atom stereocenters. The van der Waals surface area contributed by atoms with Gasteiger partial charge in [-0.05, 0) is 31.2 Å². The van der Waals surface area contributed by atoms with Gasteiger partial charge in [0.2, 0.25) is 5.91 Å². The molecular formula is C18H22N4O5. The van der Waals surface area contributed by atoms with Gasteiger partial charge in [-0.2, -0.15) is 5.10 Å². The number of benzene rings is 1. The minimum absolute atomic E-state index is 0.101. The lowest BCUT2D eigenvalue weighted by Gasteiger charge is -2.28. The average molecular weight is 374 g/mol. The maximum Gasteiger partial charge on any atom is 0.355 e. The Balaban J connectivity index is 1.51. The van der Waals surface area contributed by atoms with E-state index in [0.29, 0.717) is 18.9 Å². The number of hydrogen-bond acceptors (Lipinski definition) is 7. The molecule has 1 saturated heterocycles. The summed E-state index contributed by atoms with van der Waals surface area (Å²) in [6.07, 6.45) is -0.622. The molecule has 1 atom stereocenters. The SMILES string of the molecule is C[C@@H](OC(=O)C1=NNC(=O)CC1)C(=O)Nc1ccc(N2CCOCC2)cc1. The Morgan fingerprint density at radius 2 is 1.93 bits per heavy atom. The largest absolute Gasteiger partial charge is 0.448 e. The van der Waals surface area contributed by atoms with Crippen molar-refractivity contribution in [1.29, 1.82) is 0 Å². The first kappa shape index (κ1) is 18.8. The summed E-state index contributed by atoms with van der Waals surface area (Å²) in [5.41, 5.74) is 4.00. The molecule has 0 aliphatic carbocycles. The second-order valence-corrected chi connectivity index (χ2v) is 6.28. The van der Waals surface area contributed by atoms with Gasteiger partial charge in [0.1, 0.15) is 5.71 Å². The molecule has 1 aromatic carbocycles. The van der Waals surface area contributed by atoms with Gasteiger partial charge in [0.15, 0.2) is 6.10 Å². The average Bonchev–Trinajstić information content (AvgIpc) is 2.69. The maximum atomic E-state index is 12.2. The first-order chi connectivity index (χ1) is 13.0. The monoisotopic (exact) mass is 374 g/mol. The van der Waals surface area contributed by atoms with Crippen LogP contribution in [0.4, 0.5) is 11.4 Å². The molecule has 0 spiro atoms. The van der Waals surface area contributed by atoms with Crippen molar-refractivity contribution in [3.63, 3.8) is 0 Å². The highest BCUT2D eigenvalue weighted by Gasteiger charge is 2.24. The van der Waals surface area contributed by atoms with Gasteiger partial charge in [-0.25, -0.2) is 10.2 Å². The van der Waals surface area contributed by atoms with Gasteiger partial charge < -0.3 is 19.7 Å². The van der Waals surface area contributed by atoms with Crippen LogP contribution in [-0.2, 0) is 23.9 Å². The smallest absolute Gasteiger partial charge is 0.355 e. The summed E-state index contributed by atoms with van der Waals surface area (Å²) in [6.45, 7) is 4.57. The molecule has 27 heavy (non-hydrogen) atoms. The van der Waals surface area contributed by atoms with Crippen molar-refractivity contribution in [2.45, 2.75) is 25.9 Å². The Morgan fingerprint density at radius 3 is 2.56 bits per heavy atom. The number of ether oxygens (including phenoxy) is 2. The predicted molar refractivity (Wildman–Crippen MR) is 98.5 cm³/mol. The number of esters is 1. The lowest BCUT2D eigenvalue weighted by Crippen LogP contribution is -2.36. The molecular weight excluding hydrogens is 352 g/mol. The highest BCUT2D eigenvalue weighted by atomic mass is 16.5. The zero-order valence-electron chi connectivity index (χ0n) is 15.1. The molecule has 2 amide bonds. The number of nitrogens with one attached hydrogen (secondary N) is 2. The van der Waals surface area contributed by atoms with Crippen molar-refractivity contribution < 1.29 is 23.9 Å². The van der Waals surface area contributed by atoms with Crippen LogP contribution >= 0.6 is 0 Å². The second-order valence-electron chi connectivity index (χ2n) is 6.28. The van der Waals surface area contributed by atoms with Crippen LogP contribution in [0.2, 0.25) is 0 Å². The Morgan fingerprint density at radius 1 is 1.22 bits per heavy atom. The quantitative estimate of drug-likeness (QED) is 0.733. The third kappa shape index (κ3) is 5.04. The third-order valence-corrected chi connectivity index (χ3v) is 4.30. The van der Waals surface area contributed by atoms with E-state index < -0.39 is 18.0 Å². The van der Waals surface area contributed by atoms with Gasteiger partial charge in [0.05, 0.1) is 13.2 Å². The summed E-state index contributed by atoms with van der Waals surface area (Å²) in [7, 11) is 0. The number of hydrogen-bond donors (Lipinski definition) is 2.